The van der Waals surface area contributed by atoms with Crippen LogP contribution in [0.1, 0.15) is 47.0 Å². The zero-order valence-electron chi connectivity index (χ0n) is 16.9. The van der Waals surface area contributed by atoms with Gasteiger partial charge in [-0.1, -0.05) is 37.3 Å². The predicted octanol–water partition coefficient (Wildman–Crippen LogP) is 5.89. The number of aliphatic hydroxyl groups is 1. The van der Waals surface area contributed by atoms with E-state index < -0.39 is 6.10 Å². The Hall–Kier alpha value is -3.37. The van der Waals surface area contributed by atoms with E-state index in [0.717, 1.165) is 22.9 Å². The molecule has 1 aromatic heterocycles. The van der Waals surface area contributed by atoms with Gasteiger partial charge in [0.2, 0.25) is 0 Å². The highest BCUT2D eigenvalue weighted by Gasteiger charge is 2.18. The van der Waals surface area contributed by atoms with Gasteiger partial charge in [-0.25, -0.2) is 4.39 Å². The molecule has 3 nitrogen and oxygen atoms in total. The quantitative estimate of drug-likeness (QED) is 0.426. The molecule has 0 radical (unpaired) electrons. The number of aliphatic hydroxyl groups excluding tert-OH is 1. The molecule has 0 bridgehead atoms. The van der Waals surface area contributed by atoms with E-state index in [9.17, 15) is 14.3 Å². The van der Waals surface area contributed by atoms with Gasteiger partial charge >= 0.3 is 0 Å². The van der Waals surface area contributed by atoms with Crippen molar-refractivity contribution in [3.8, 4) is 11.1 Å². The van der Waals surface area contributed by atoms with E-state index in [4.69, 9.17) is 0 Å². The number of nitrogens with zero attached hydrogens (tertiary/aromatic N) is 1. The Morgan fingerprint density at radius 3 is 2.63 bits per heavy atom. The fourth-order valence-electron chi connectivity index (χ4n) is 3.73. The molecule has 150 valence electrons. The number of aromatic nitrogens is 1. The molecule has 1 N–H and O–H groups in total. The molecule has 0 fully saturated rings. The molecule has 4 rings (SSSR count). The normalized spacial score (nSPS) is 12.1. The van der Waals surface area contributed by atoms with E-state index in [1.165, 1.54) is 13.0 Å². The predicted molar refractivity (Wildman–Crippen MR) is 117 cm³/mol. The number of pyridine rings is 1. The fourth-order valence-corrected chi connectivity index (χ4v) is 3.73. The highest BCUT2D eigenvalue weighted by molar-refractivity contribution is 5.95. The van der Waals surface area contributed by atoms with Crippen LogP contribution in [0.5, 0.6) is 0 Å². The Balaban J connectivity index is 1.87. The minimum atomic E-state index is -0.978. The van der Waals surface area contributed by atoms with Crippen LogP contribution < -0.4 is 0 Å². The van der Waals surface area contributed by atoms with Crippen LogP contribution in [0.25, 0.3) is 22.0 Å². The van der Waals surface area contributed by atoms with Gasteiger partial charge in [0.1, 0.15) is 11.9 Å². The van der Waals surface area contributed by atoms with Gasteiger partial charge in [0.15, 0.2) is 5.78 Å². The maximum atomic E-state index is 14.8. The third kappa shape index (κ3) is 3.74. The lowest BCUT2D eigenvalue weighted by Crippen LogP contribution is -2.04. The third-order valence-electron chi connectivity index (χ3n) is 5.40. The summed E-state index contributed by atoms with van der Waals surface area (Å²) in [5.41, 5.74) is 4.31. The molecular weight excluding hydrogens is 377 g/mol. The van der Waals surface area contributed by atoms with Crippen molar-refractivity contribution < 1.29 is 14.3 Å². The van der Waals surface area contributed by atoms with Gasteiger partial charge in [0.05, 0.1) is 5.52 Å². The van der Waals surface area contributed by atoms with Gasteiger partial charge in [-0.2, -0.15) is 0 Å². The van der Waals surface area contributed by atoms with Crippen LogP contribution in [0.4, 0.5) is 4.39 Å². The van der Waals surface area contributed by atoms with Crippen LogP contribution >= 0.6 is 0 Å². The second-order valence-electron chi connectivity index (χ2n) is 7.39. The number of fused-ring (bicyclic) bond motifs is 1. The zero-order valence-corrected chi connectivity index (χ0v) is 16.9. The van der Waals surface area contributed by atoms with Gasteiger partial charge in [-0.05, 0) is 72.0 Å². The van der Waals surface area contributed by atoms with E-state index in [1.54, 1.807) is 30.5 Å². The van der Waals surface area contributed by atoms with Gasteiger partial charge in [-0.15, -0.1) is 0 Å². The average molecular weight is 399 g/mol. The molecule has 0 aliphatic rings. The van der Waals surface area contributed by atoms with E-state index >= 15 is 0 Å². The maximum absolute atomic E-state index is 14.8. The van der Waals surface area contributed by atoms with E-state index in [2.05, 4.69) is 4.98 Å². The summed E-state index contributed by atoms with van der Waals surface area (Å²) < 4.78 is 14.8. The summed E-state index contributed by atoms with van der Waals surface area (Å²) in [6, 6.07) is 19.5. The number of carbonyl (C=O) groups excluding carboxylic acids is 1. The second kappa shape index (κ2) is 8.17. The molecule has 1 atom stereocenters. The Bertz CT molecular complexity index is 1240. The van der Waals surface area contributed by atoms with Crippen molar-refractivity contribution >= 4 is 16.7 Å². The molecule has 4 aromatic rings. The lowest BCUT2D eigenvalue weighted by atomic mass is 9.91. The summed E-state index contributed by atoms with van der Waals surface area (Å²) in [5.74, 6) is -0.486. The molecule has 0 saturated heterocycles. The zero-order chi connectivity index (χ0) is 21.3. The van der Waals surface area contributed by atoms with Crippen LogP contribution in [0, 0.1) is 5.82 Å². The van der Waals surface area contributed by atoms with Crippen molar-refractivity contribution in [2.75, 3.05) is 0 Å². The minimum Gasteiger partial charge on any atom is -0.384 e. The highest BCUT2D eigenvalue weighted by atomic mass is 19.1. The Kier molecular flexibility index (Phi) is 5.42. The van der Waals surface area contributed by atoms with E-state index in [0.29, 0.717) is 27.8 Å². The number of Topliss-reactive ketones (excluding diaryl/α,β-unsaturated/α-hetero) is 1. The largest absolute Gasteiger partial charge is 0.384 e. The van der Waals surface area contributed by atoms with Crippen molar-refractivity contribution in [1.29, 1.82) is 0 Å². The number of halogens is 1. The first-order chi connectivity index (χ1) is 14.5. The van der Waals surface area contributed by atoms with Crippen LogP contribution in [-0.2, 0) is 6.42 Å². The van der Waals surface area contributed by atoms with Crippen molar-refractivity contribution in [2.24, 2.45) is 0 Å². The number of aryl methyl sites for hydroxylation is 1. The maximum Gasteiger partial charge on any atom is 0.159 e. The lowest BCUT2D eigenvalue weighted by Gasteiger charge is -2.17. The Labute approximate surface area is 174 Å². The monoisotopic (exact) mass is 399 g/mol. The number of rotatable bonds is 5. The first kappa shape index (κ1) is 19.9. The lowest BCUT2D eigenvalue weighted by molar-refractivity contribution is 0.101. The summed E-state index contributed by atoms with van der Waals surface area (Å²) in [6.07, 6.45) is 1.47. The summed E-state index contributed by atoms with van der Waals surface area (Å²) in [7, 11) is 0. The first-order valence-electron chi connectivity index (χ1n) is 9.94. The van der Waals surface area contributed by atoms with E-state index in [-0.39, 0.29) is 11.6 Å². The molecule has 3 aromatic carbocycles. The first-order valence-corrected chi connectivity index (χ1v) is 9.94. The molecule has 0 amide bonds. The van der Waals surface area contributed by atoms with Crippen LogP contribution in [-0.4, -0.2) is 15.9 Å². The standard InChI is InChI=1S/C26H22FNO2/c1-3-17-9-10-21(24(27)12-17)19-13-18(16(2)29)14-20(15-19)26(30)23-6-4-8-25-22(23)7-5-11-28-25/h4-15,26,30H,3H2,1-2H3. The molecule has 1 unspecified atom stereocenters. The van der Waals surface area contributed by atoms with Gasteiger partial charge < -0.3 is 5.11 Å². The highest BCUT2D eigenvalue weighted by Crippen LogP contribution is 2.33. The number of carbonyl (C=O) groups is 1. The molecule has 0 aliphatic carbocycles. The molecule has 0 aliphatic heterocycles. The van der Waals surface area contributed by atoms with E-state index in [1.807, 2.05) is 43.3 Å². The van der Waals surface area contributed by atoms with Crippen LogP contribution in [0.15, 0.2) is 72.9 Å². The smallest absolute Gasteiger partial charge is 0.159 e. The van der Waals surface area contributed by atoms with Crippen LogP contribution in [0.3, 0.4) is 0 Å². The Morgan fingerprint density at radius 2 is 1.90 bits per heavy atom. The SMILES string of the molecule is CCc1ccc(-c2cc(C(C)=O)cc(C(O)c3cccc4ncccc34)c2)c(F)c1. The Morgan fingerprint density at radius 1 is 1.07 bits per heavy atom. The topological polar surface area (TPSA) is 50.2 Å². The summed E-state index contributed by atoms with van der Waals surface area (Å²) in [6.45, 7) is 3.44. The summed E-state index contributed by atoms with van der Waals surface area (Å²) in [5, 5.41) is 12.0. The summed E-state index contributed by atoms with van der Waals surface area (Å²) >= 11 is 0. The number of benzene rings is 3. The number of ketones is 1. The molecular formula is C26H22FNO2. The molecule has 0 saturated carbocycles. The van der Waals surface area contributed by atoms with Crippen molar-refractivity contribution in [1.82, 2.24) is 4.98 Å². The fraction of sp³-hybridized carbons (Fsp3) is 0.154. The second-order valence-corrected chi connectivity index (χ2v) is 7.39. The number of hydrogen-bond donors (Lipinski definition) is 1. The molecule has 1 heterocycles. The summed E-state index contributed by atoms with van der Waals surface area (Å²) in [4.78, 5) is 16.5. The van der Waals surface area contributed by atoms with Gasteiger partial charge in [0.25, 0.3) is 0 Å². The average Bonchev–Trinajstić information content (AvgIpc) is 2.77. The molecule has 0 spiro atoms. The van der Waals surface area contributed by atoms with Crippen LogP contribution in [0.2, 0.25) is 0 Å². The third-order valence-corrected chi connectivity index (χ3v) is 5.40. The van der Waals surface area contributed by atoms with Gasteiger partial charge in [-0.3, -0.25) is 9.78 Å². The number of hydrogen-bond acceptors (Lipinski definition) is 3. The van der Waals surface area contributed by atoms with Crippen molar-refractivity contribution in [2.45, 2.75) is 26.4 Å². The van der Waals surface area contributed by atoms with Gasteiger partial charge in [0, 0.05) is 22.7 Å². The minimum absolute atomic E-state index is 0.143. The van der Waals surface area contributed by atoms with Crippen molar-refractivity contribution in [3.05, 3.63) is 101 Å². The molecule has 30 heavy (non-hydrogen) atoms. The molecule has 4 heteroatoms. The van der Waals surface area contributed by atoms with Crippen molar-refractivity contribution in [3.63, 3.8) is 0 Å².